The second kappa shape index (κ2) is 7.71. The molecule has 132 valence electrons. The smallest absolute Gasteiger partial charge is 0.273 e. The van der Waals surface area contributed by atoms with Crippen molar-refractivity contribution in [1.29, 1.82) is 0 Å². The van der Waals surface area contributed by atoms with Gasteiger partial charge in [0.15, 0.2) is 6.10 Å². The molecule has 26 heavy (non-hydrogen) atoms. The van der Waals surface area contributed by atoms with Crippen molar-refractivity contribution in [3.05, 3.63) is 66.2 Å². The van der Waals surface area contributed by atoms with Gasteiger partial charge in [-0.3, -0.25) is 9.59 Å². The Morgan fingerprint density at radius 3 is 2.46 bits per heavy atom. The highest BCUT2D eigenvalue weighted by Crippen LogP contribution is 2.22. The molecular weight excluding hydrogens is 332 g/mol. The summed E-state index contributed by atoms with van der Waals surface area (Å²) in [4.78, 5) is 24.5. The van der Waals surface area contributed by atoms with E-state index in [-0.39, 0.29) is 5.91 Å². The Morgan fingerprint density at radius 2 is 1.81 bits per heavy atom. The second-order valence-electron chi connectivity index (χ2n) is 5.77. The van der Waals surface area contributed by atoms with Crippen LogP contribution in [0.25, 0.3) is 0 Å². The number of carbonyl (C=O) groups is 2. The molecule has 2 aromatic rings. The summed E-state index contributed by atoms with van der Waals surface area (Å²) in [6.07, 6.45) is -0.0112. The van der Waals surface area contributed by atoms with E-state index in [1.165, 1.54) is 11.2 Å². The summed E-state index contributed by atoms with van der Waals surface area (Å²) in [5.74, 6) is -1.59. The fraction of sp³-hybridized carbons (Fsp3) is 0.158. The Balaban J connectivity index is 1.63. The zero-order valence-electron chi connectivity index (χ0n) is 14.1. The van der Waals surface area contributed by atoms with E-state index < -0.39 is 17.9 Å². The van der Waals surface area contributed by atoms with E-state index in [0.29, 0.717) is 17.0 Å². The van der Waals surface area contributed by atoms with Crippen LogP contribution in [-0.4, -0.2) is 28.8 Å². The Bertz CT molecular complexity index is 850. The number of nitrogens with one attached hydrogen (secondary N) is 1. The Morgan fingerprint density at radius 1 is 1.19 bits per heavy atom. The fourth-order valence-electron chi connectivity index (χ4n) is 2.53. The number of nitrogens with zero attached hydrogens (tertiary/aromatic N) is 3. The average molecular weight is 350 g/mol. The Labute approximate surface area is 150 Å². The zero-order chi connectivity index (χ0) is 18.5. The number of hydrazone groups is 2. The van der Waals surface area contributed by atoms with Crippen molar-refractivity contribution in [2.75, 3.05) is 5.01 Å². The third-order valence-corrected chi connectivity index (χ3v) is 3.95. The number of aliphatic hydroxyl groups excluding tert-OH is 1. The number of anilines is 1. The van der Waals surface area contributed by atoms with Crippen LogP contribution in [0, 0.1) is 5.92 Å². The van der Waals surface area contributed by atoms with Gasteiger partial charge in [0.2, 0.25) is 0 Å². The van der Waals surface area contributed by atoms with Crippen molar-refractivity contribution in [1.82, 2.24) is 5.43 Å². The maximum Gasteiger partial charge on any atom is 0.273 e. The van der Waals surface area contributed by atoms with Gasteiger partial charge in [-0.1, -0.05) is 48.5 Å². The highest BCUT2D eigenvalue weighted by Gasteiger charge is 2.33. The molecule has 0 saturated heterocycles. The standard InChI is InChI=1S/C19H18N4O3/c1-13-16(19(26)23(22-13)15-10-6-3-7-11-15)12-20-21-18(25)17(24)14-8-4-2-5-9-14/h2-12,16-17,24H,1H3,(H,21,25)/b20-12-/t16-,17-/m1/s1. The number of para-hydroxylation sites is 1. The maximum absolute atomic E-state index is 12.5. The largest absolute Gasteiger partial charge is 0.378 e. The average Bonchev–Trinajstić information content (AvgIpc) is 2.97. The van der Waals surface area contributed by atoms with E-state index in [4.69, 9.17) is 0 Å². The van der Waals surface area contributed by atoms with E-state index in [1.54, 1.807) is 49.4 Å². The number of rotatable bonds is 5. The van der Waals surface area contributed by atoms with Crippen molar-refractivity contribution in [2.24, 2.45) is 16.1 Å². The predicted octanol–water partition coefficient (Wildman–Crippen LogP) is 1.86. The molecule has 0 saturated carbocycles. The Hall–Kier alpha value is -3.32. The number of hydrogen-bond donors (Lipinski definition) is 2. The SMILES string of the molecule is CC1=NN(c2ccccc2)C(=O)[C@@H]1/C=N\NC(=O)[C@H](O)c1ccccc1. The van der Waals surface area contributed by atoms with Crippen LogP contribution in [0.1, 0.15) is 18.6 Å². The minimum absolute atomic E-state index is 0.254. The molecule has 2 amide bonds. The molecule has 7 nitrogen and oxygen atoms in total. The van der Waals surface area contributed by atoms with Gasteiger partial charge in [-0.05, 0) is 24.6 Å². The van der Waals surface area contributed by atoms with Crippen molar-refractivity contribution in [2.45, 2.75) is 13.0 Å². The fourth-order valence-corrected chi connectivity index (χ4v) is 2.53. The molecule has 2 aromatic carbocycles. The van der Waals surface area contributed by atoms with Crippen LogP contribution >= 0.6 is 0 Å². The molecule has 2 N–H and O–H groups in total. The van der Waals surface area contributed by atoms with Crippen LogP contribution in [0.3, 0.4) is 0 Å². The number of aliphatic hydroxyl groups is 1. The number of benzene rings is 2. The molecule has 0 aromatic heterocycles. The molecule has 1 heterocycles. The summed E-state index contributed by atoms with van der Waals surface area (Å²) in [5.41, 5.74) is 3.95. The van der Waals surface area contributed by atoms with Crippen LogP contribution in [0.2, 0.25) is 0 Å². The number of carbonyl (C=O) groups excluding carboxylic acids is 2. The normalized spacial score (nSPS) is 18.1. The lowest BCUT2D eigenvalue weighted by Crippen LogP contribution is -2.30. The van der Waals surface area contributed by atoms with Crippen molar-refractivity contribution < 1.29 is 14.7 Å². The molecule has 0 bridgehead atoms. The van der Waals surface area contributed by atoms with E-state index in [0.717, 1.165) is 0 Å². The van der Waals surface area contributed by atoms with Crippen LogP contribution in [0.4, 0.5) is 5.69 Å². The molecule has 2 atom stereocenters. The molecule has 0 unspecified atom stereocenters. The van der Waals surface area contributed by atoms with Crippen LogP contribution in [0.15, 0.2) is 70.9 Å². The molecule has 1 aliphatic rings. The first-order valence-corrected chi connectivity index (χ1v) is 8.08. The van der Waals surface area contributed by atoms with Gasteiger partial charge in [-0.15, -0.1) is 0 Å². The molecule has 0 spiro atoms. The van der Waals surface area contributed by atoms with Crippen molar-refractivity contribution >= 4 is 29.4 Å². The van der Waals surface area contributed by atoms with E-state index in [1.807, 2.05) is 18.2 Å². The van der Waals surface area contributed by atoms with Gasteiger partial charge < -0.3 is 5.11 Å². The van der Waals surface area contributed by atoms with Gasteiger partial charge in [-0.2, -0.15) is 15.2 Å². The molecule has 1 aliphatic heterocycles. The third-order valence-electron chi connectivity index (χ3n) is 3.95. The first-order valence-electron chi connectivity index (χ1n) is 8.08. The second-order valence-corrected chi connectivity index (χ2v) is 5.77. The van der Waals surface area contributed by atoms with Crippen molar-refractivity contribution in [3.63, 3.8) is 0 Å². The van der Waals surface area contributed by atoms with Gasteiger partial charge >= 0.3 is 0 Å². The van der Waals surface area contributed by atoms with Gasteiger partial charge in [0, 0.05) is 6.21 Å². The molecule has 0 fully saturated rings. The molecule has 7 heteroatoms. The van der Waals surface area contributed by atoms with Gasteiger partial charge in [0.1, 0.15) is 5.92 Å². The summed E-state index contributed by atoms with van der Waals surface area (Å²) < 4.78 is 0. The van der Waals surface area contributed by atoms with E-state index >= 15 is 0 Å². The first kappa shape index (κ1) is 17.5. The Kier molecular flexibility index (Phi) is 5.19. The summed E-state index contributed by atoms with van der Waals surface area (Å²) in [7, 11) is 0. The molecular formula is C19H18N4O3. The summed E-state index contributed by atoms with van der Waals surface area (Å²) >= 11 is 0. The lowest BCUT2D eigenvalue weighted by molar-refractivity contribution is -0.129. The summed E-state index contributed by atoms with van der Waals surface area (Å²) in [6, 6.07) is 17.6. The molecule has 0 radical (unpaired) electrons. The summed E-state index contributed by atoms with van der Waals surface area (Å²) in [5, 5.41) is 19.4. The topological polar surface area (TPSA) is 94.4 Å². The third kappa shape index (κ3) is 3.68. The summed E-state index contributed by atoms with van der Waals surface area (Å²) in [6.45, 7) is 1.72. The monoisotopic (exact) mass is 350 g/mol. The quantitative estimate of drug-likeness (QED) is 0.636. The first-order chi connectivity index (χ1) is 12.6. The minimum Gasteiger partial charge on any atom is -0.378 e. The van der Waals surface area contributed by atoms with E-state index in [9.17, 15) is 14.7 Å². The molecule has 3 rings (SSSR count). The van der Waals surface area contributed by atoms with Gasteiger partial charge in [0.05, 0.1) is 11.4 Å². The zero-order valence-corrected chi connectivity index (χ0v) is 14.1. The lowest BCUT2D eigenvalue weighted by Gasteiger charge is -2.12. The lowest BCUT2D eigenvalue weighted by atomic mass is 10.1. The number of hydrogen-bond acceptors (Lipinski definition) is 5. The van der Waals surface area contributed by atoms with Crippen LogP contribution in [-0.2, 0) is 9.59 Å². The van der Waals surface area contributed by atoms with Crippen molar-refractivity contribution in [3.8, 4) is 0 Å². The highest BCUT2D eigenvalue weighted by atomic mass is 16.3. The van der Waals surface area contributed by atoms with Crippen LogP contribution < -0.4 is 10.4 Å². The molecule has 0 aliphatic carbocycles. The number of amides is 2. The van der Waals surface area contributed by atoms with Crippen LogP contribution in [0.5, 0.6) is 0 Å². The highest BCUT2D eigenvalue weighted by molar-refractivity contribution is 6.23. The van der Waals surface area contributed by atoms with Gasteiger partial charge in [0.25, 0.3) is 11.8 Å². The maximum atomic E-state index is 12.5. The van der Waals surface area contributed by atoms with E-state index in [2.05, 4.69) is 15.6 Å². The van der Waals surface area contributed by atoms with Gasteiger partial charge in [-0.25, -0.2) is 5.43 Å². The predicted molar refractivity (Wildman–Crippen MR) is 98.6 cm³/mol. The minimum atomic E-state index is -1.33.